The van der Waals surface area contributed by atoms with Crippen molar-refractivity contribution >= 4 is 27.5 Å². The highest BCUT2D eigenvalue weighted by Crippen LogP contribution is 2.33. The van der Waals surface area contributed by atoms with Gasteiger partial charge >= 0.3 is 0 Å². The lowest BCUT2D eigenvalue weighted by atomic mass is 10.2. The number of rotatable bonds is 6. The quantitative estimate of drug-likeness (QED) is 0.599. The van der Waals surface area contributed by atoms with Crippen LogP contribution in [0.4, 0.5) is 0 Å². The fraction of sp³-hybridized carbons (Fsp3) is 0.238. The third-order valence-electron chi connectivity index (χ3n) is 4.05. The molecule has 0 fully saturated rings. The number of carbonyl (C=O) groups excluding carboxylic acids is 1. The third kappa shape index (κ3) is 3.73. The topological polar surface area (TPSA) is 62.1 Å². The summed E-state index contributed by atoms with van der Waals surface area (Å²) in [4.78, 5) is 17.7. The standard InChI is InChI=1S/C21H20N2O4S/c1-5-11-23-15-12-17(25-3)18(26-4)13-19(15)28-21(23)22-20(24)14-9-7-8-10-16(14)27-6-2/h1,7-10,12-13H,6,11H2,2-4H3. The third-order valence-corrected chi connectivity index (χ3v) is 5.09. The molecule has 1 heterocycles. The van der Waals surface area contributed by atoms with Crippen molar-refractivity contribution in [2.45, 2.75) is 13.5 Å². The molecule has 28 heavy (non-hydrogen) atoms. The molecule has 7 heteroatoms. The molecule has 6 nitrogen and oxygen atoms in total. The highest BCUT2D eigenvalue weighted by Gasteiger charge is 2.15. The summed E-state index contributed by atoms with van der Waals surface area (Å²) in [6, 6.07) is 10.7. The van der Waals surface area contributed by atoms with Gasteiger partial charge in [-0.15, -0.1) is 6.42 Å². The van der Waals surface area contributed by atoms with Crippen LogP contribution in [0, 0.1) is 12.3 Å². The predicted octanol–water partition coefficient (Wildman–Crippen LogP) is 3.49. The Hall–Kier alpha value is -3.24. The van der Waals surface area contributed by atoms with E-state index in [0.717, 1.165) is 10.2 Å². The van der Waals surface area contributed by atoms with E-state index in [1.807, 2.05) is 29.7 Å². The predicted molar refractivity (Wildman–Crippen MR) is 109 cm³/mol. The number of hydrogen-bond acceptors (Lipinski definition) is 5. The number of para-hydroxylation sites is 1. The lowest BCUT2D eigenvalue weighted by molar-refractivity contribution is 0.0994. The lowest BCUT2D eigenvalue weighted by Crippen LogP contribution is -2.16. The molecule has 0 spiro atoms. The van der Waals surface area contributed by atoms with E-state index < -0.39 is 0 Å². The van der Waals surface area contributed by atoms with E-state index in [4.69, 9.17) is 20.6 Å². The molecule has 0 aliphatic rings. The molecule has 0 unspecified atom stereocenters. The zero-order valence-electron chi connectivity index (χ0n) is 15.9. The number of nitrogens with zero attached hydrogens (tertiary/aromatic N) is 2. The van der Waals surface area contributed by atoms with Gasteiger partial charge in [0, 0.05) is 12.1 Å². The van der Waals surface area contributed by atoms with Crippen molar-refractivity contribution in [1.82, 2.24) is 4.57 Å². The fourth-order valence-electron chi connectivity index (χ4n) is 2.80. The first-order valence-electron chi connectivity index (χ1n) is 8.62. The number of aromatic nitrogens is 1. The molecule has 0 N–H and O–H groups in total. The van der Waals surface area contributed by atoms with Gasteiger partial charge in [-0.25, -0.2) is 0 Å². The molecule has 1 aromatic heterocycles. The Morgan fingerprint density at radius 1 is 1.18 bits per heavy atom. The van der Waals surface area contributed by atoms with Crippen LogP contribution in [0.15, 0.2) is 41.4 Å². The summed E-state index contributed by atoms with van der Waals surface area (Å²) in [5, 5.41) is 0. The largest absolute Gasteiger partial charge is 0.493 e. The SMILES string of the molecule is C#CCn1c(=NC(=O)c2ccccc2OCC)sc2cc(OC)c(OC)cc21. The van der Waals surface area contributed by atoms with Crippen LogP contribution in [-0.4, -0.2) is 31.3 Å². The minimum atomic E-state index is -0.389. The van der Waals surface area contributed by atoms with Crippen LogP contribution in [0.3, 0.4) is 0 Å². The van der Waals surface area contributed by atoms with E-state index in [2.05, 4.69) is 10.9 Å². The Labute approximate surface area is 167 Å². The van der Waals surface area contributed by atoms with Gasteiger partial charge in [0.25, 0.3) is 5.91 Å². The van der Waals surface area contributed by atoms with Gasteiger partial charge in [0.15, 0.2) is 16.3 Å². The van der Waals surface area contributed by atoms with Crippen LogP contribution < -0.4 is 19.0 Å². The zero-order valence-corrected chi connectivity index (χ0v) is 16.7. The molecular weight excluding hydrogens is 376 g/mol. The van der Waals surface area contributed by atoms with Gasteiger partial charge in [-0.2, -0.15) is 4.99 Å². The van der Waals surface area contributed by atoms with Gasteiger partial charge in [-0.05, 0) is 19.1 Å². The minimum absolute atomic E-state index is 0.273. The highest BCUT2D eigenvalue weighted by molar-refractivity contribution is 7.16. The Morgan fingerprint density at radius 3 is 2.57 bits per heavy atom. The normalized spacial score (nSPS) is 11.3. The van der Waals surface area contributed by atoms with Crippen molar-refractivity contribution in [2.24, 2.45) is 4.99 Å². The molecule has 0 bridgehead atoms. The molecule has 0 saturated carbocycles. The molecule has 0 radical (unpaired) electrons. The summed E-state index contributed by atoms with van der Waals surface area (Å²) in [7, 11) is 3.15. The smallest absolute Gasteiger partial charge is 0.283 e. The van der Waals surface area contributed by atoms with E-state index in [-0.39, 0.29) is 12.5 Å². The average Bonchev–Trinajstić information content (AvgIpc) is 3.03. The molecule has 1 amide bonds. The molecular formula is C21H20N2O4S. The maximum atomic E-state index is 12.8. The Morgan fingerprint density at radius 2 is 1.89 bits per heavy atom. The van der Waals surface area contributed by atoms with Crippen LogP contribution in [0.25, 0.3) is 10.2 Å². The summed E-state index contributed by atoms with van der Waals surface area (Å²) in [5.41, 5.74) is 1.23. The second-order valence-corrected chi connectivity index (χ2v) is 6.71. The molecule has 3 rings (SSSR count). The second kappa shape index (κ2) is 8.63. The van der Waals surface area contributed by atoms with Gasteiger partial charge in [-0.1, -0.05) is 29.4 Å². The summed E-state index contributed by atoms with van der Waals surface area (Å²) < 4.78 is 19.0. The first-order valence-corrected chi connectivity index (χ1v) is 9.44. The first-order chi connectivity index (χ1) is 13.6. The molecule has 0 aliphatic carbocycles. The van der Waals surface area contributed by atoms with Gasteiger partial charge in [0.05, 0.1) is 43.2 Å². The highest BCUT2D eigenvalue weighted by atomic mass is 32.1. The number of fused-ring (bicyclic) bond motifs is 1. The number of carbonyl (C=O) groups is 1. The van der Waals surface area contributed by atoms with Crippen molar-refractivity contribution in [3.8, 4) is 29.6 Å². The van der Waals surface area contributed by atoms with Crippen molar-refractivity contribution in [3.05, 3.63) is 46.8 Å². The number of ether oxygens (including phenoxy) is 3. The van der Waals surface area contributed by atoms with Gasteiger partial charge in [0.1, 0.15) is 5.75 Å². The first kappa shape index (κ1) is 19.5. The maximum absolute atomic E-state index is 12.8. The number of hydrogen-bond donors (Lipinski definition) is 0. The van der Waals surface area contributed by atoms with E-state index in [1.165, 1.54) is 11.3 Å². The molecule has 0 atom stereocenters. The number of methoxy groups -OCH3 is 2. The molecule has 2 aromatic carbocycles. The van der Waals surface area contributed by atoms with Gasteiger partial charge in [0.2, 0.25) is 0 Å². The fourth-order valence-corrected chi connectivity index (χ4v) is 3.84. The van der Waals surface area contributed by atoms with E-state index >= 15 is 0 Å². The number of benzene rings is 2. The Bertz CT molecular complexity index is 1120. The van der Waals surface area contributed by atoms with E-state index in [0.29, 0.717) is 34.2 Å². The van der Waals surface area contributed by atoms with Crippen LogP contribution >= 0.6 is 11.3 Å². The van der Waals surface area contributed by atoms with Gasteiger partial charge < -0.3 is 18.8 Å². The Kier molecular flexibility index (Phi) is 6.02. The minimum Gasteiger partial charge on any atom is -0.493 e. The van der Waals surface area contributed by atoms with Crippen molar-refractivity contribution in [1.29, 1.82) is 0 Å². The summed E-state index contributed by atoms with van der Waals surface area (Å²) >= 11 is 1.36. The zero-order chi connectivity index (χ0) is 20.1. The van der Waals surface area contributed by atoms with Crippen LogP contribution in [0.2, 0.25) is 0 Å². The van der Waals surface area contributed by atoms with Crippen LogP contribution in [-0.2, 0) is 6.54 Å². The van der Waals surface area contributed by atoms with Crippen LogP contribution in [0.5, 0.6) is 17.2 Å². The van der Waals surface area contributed by atoms with Crippen molar-refractivity contribution < 1.29 is 19.0 Å². The van der Waals surface area contributed by atoms with E-state index in [9.17, 15) is 4.79 Å². The monoisotopic (exact) mass is 396 g/mol. The van der Waals surface area contributed by atoms with Crippen molar-refractivity contribution in [2.75, 3.05) is 20.8 Å². The number of terminal acetylenes is 1. The van der Waals surface area contributed by atoms with Gasteiger partial charge in [-0.3, -0.25) is 4.79 Å². The molecule has 0 saturated heterocycles. The number of thiazole rings is 1. The number of amides is 1. The summed E-state index contributed by atoms with van der Waals surface area (Å²) in [5.74, 6) is 3.91. The summed E-state index contributed by atoms with van der Waals surface area (Å²) in [6.07, 6.45) is 5.54. The van der Waals surface area contributed by atoms with Crippen molar-refractivity contribution in [3.63, 3.8) is 0 Å². The lowest BCUT2D eigenvalue weighted by Gasteiger charge is -2.08. The second-order valence-electron chi connectivity index (χ2n) is 5.70. The summed E-state index contributed by atoms with van der Waals surface area (Å²) in [6.45, 7) is 2.60. The molecule has 0 aliphatic heterocycles. The average molecular weight is 396 g/mol. The molecule has 144 valence electrons. The Balaban J connectivity index is 2.18. The molecule has 3 aromatic rings. The van der Waals surface area contributed by atoms with Crippen LogP contribution in [0.1, 0.15) is 17.3 Å². The van der Waals surface area contributed by atoms with E-state index in [1.54, 1.807) is 32.4 Å². The maximum Gasteiger partial charge on any atom is 0.283 e.